The van der Waals surface area contributed by atoms with E-state index in [2.05, 4.69) is 24.0 Å². The Morgan fingerprint density at radius 1 is 1.14 bits per heavy atom. The van der Waals surface area contributed by atoms with Gasteiger partial charge in [0.05, 0.1) is 11.3 Å². The summed E-state index contributed by atoms with van der Waals surface area (Å²) in [5.41, 5.74) is 7.57. The van der Waals surface area contributed by atoms with Gasteiger partial charge in [-0.15, -0.1) is 11.8 Å². The number of carbonyl (C=O) groups excluding carboxylic acids is 2. The highest BCUT2D eigenvalue weighted by molar-refractivity contribution is 8.00. The number of benzene rings is 2. The molecule has 0 unspecified atom stereocenters. The number of nitrogens with zero attached hydrogens (tertiary/aromatic N) is 2. The van der Waals surface area contributed by atoms with Gasteiger partial charge in [-0.1, -0.05) is 55.4 Å². The molecular weight excluding hydrogens is 390 g/mol. The van der Waals surface area contributed by atoms with E-state index in [0.29, 0.717) is 22.2 Å². The molecule has 0 fully saturated rings. The third kappa shape index (κ3) is 5.45. The van der Waals surface area contributed by atoms with Crippen LogP contribution in [-0.4, -0.2) is 27.8 Å². The predicted octanol–water partition coefficient (Wildman–Crippen LogP) is 3.79. The summed E-state index contributed by atoms with van der Waals surface area (Å²) < 4.78 is 10.5. The van der Waals surface area contributed by atoms with Gasteiger partial charge in [-0.2, -0.15) is 4.98 Å². The minimum absolute atomic E-state index is 0.0763. The number of aromatic nitrogens is 2. The summed E-state index contributed by atoms with van der Waals surface area (Å²) in [4.78, 5) is 28.3. The maximum atomic E-state index is 12.4. The summed E-state index contributed by atoms with van der Waals surface area (Å²) in [6.07, 6.45) is 0. The SMILES string of the molecule is CC(C)c1ccc(-c2noc(COC(=O)c3ccccc3SCC(N)=O)n2)cc1. The van der Waals surface area contributed by atoms with Crippen LogP contribution < -0.4 is 5.73 Å². The number of carbonyl (C=O) groups is 2. The lowest BCUT2D eigenvalue weighted by Gasteiger charge is -2.07. The Kier molecular flexibility index (Phi) is 6.66. The molecule has 7 nitrogen and oxygen atoms in total. The lowest BCUT2D eigenvalue weighted by Crippen LogP contribution is -2.14. The van der Waals surface area contributed by atoms with E-state index in [1.54, 1.807) is 24.3 Å². The van der Waals surface area contributed by atoms with Gasteiger partial charge in [-0.3, -0.25) is 4.79 Å². The molecule has 8 heteroatoms. The molecule has 1 aromatic heterocycles. The quantitative estimate of drug-likeness (QED) is 0.444. The van der Waals surface area contributed by atoms with E-state index in [9.17, 15) is 9.59 Å². The fourth-order valence-electron chi connectivity index (χ4n) is 2.56. The van der Waals surface area contributed by atoms with Crippen LogP contribution in [0.2, 0.25) is 0 Å². The van der Waals surface area contributed by atoms with Crippen molar-refractivity contribution in [3.8, 4) is 11.4 Å². The first-order chi connectivity index (χ1) is 13.9. The average Bonchev–Trinajstić information content (AvgIpc) is 3.20. The molecule has 0 aliphatic heterocycles. The van der Waals surface area contributed by atoms with Crippen LogP contribution in [0.3, 0.4) is 0 Å². The van der Waals surface area contributed by atoms with Crippen LogP contribution in [0.15, 0.2) is 57.9 Å². The number of esters is 1. The number of amides is 1. The van der Waals surface area contributed by atoms with E-state index in [1.807, 2.05) is 24.3 Å². The van der Waals surface area contributed by atoms with Crippen LogP contribution in [0.1, 0.15) is 41.6 Å². The van der Waals surface area contributed by atoms with E-state index in [-0.39, 0.29) is 18.3 Å². The molecule has 2 aromatic carbocycles. The second kappa shape index (κ2) is 9.38. The largest absolute Gasteiger partial charge is 0.452 e. The fourth-order valence-corrected chi connectivity index (χ4v) is 3.34. The molecule has 1 amide bonds. The monoisotopic (exact) mass is 411 g/mol. The van der Waals surface area contributed by atoms with Crippen molar-refractivity contribution in [2.45, 2.75) is 31.3 Å². The van der Waals surface area contributed by atoms with Gasteiger partial charge in [-0.25, -0.2) is 4.79 Å². The summed E-state index contributed by atoms with van der Waals surface area (Å²) >= 11 is 1.18. The molecule has 2 N–H and O–H groups in total. The van der Waals surface area contributed by atoms with Crippen molar-refractivity contribution >= 4 is 23.6 Å². The molecule has 3 rings (SSSR count). The molecule has 0 spiro atoms. The number of ether oxygens (including phenoxy) is 1. The third-order valence-electron chi connectivity index (χ3n) is 4.11. The Morgan fingerprint density at radius 3 is 2.55 bits per heavy atom. The highest BCUT2D eigenvalue weighted by atomic mass is 32.2. The van der Waals surface area contributed by atoms with Crippen molar-refractivity contribution in [2.24, 2.45) is 5.73 Å². The first kappa shape index (κ1) is 20.6. The Labute approximate surface area is 172 Å². The van der Waals surface area contributed by atoms with Crippen LogP contribution in [0.5, 0.6) is 0 Å². The molecule has 0 aliphatic rings. The number of thioether (sulfide) groups is 1. The van der Waals surface area contributed by atoms with Crippen molar-refractivity contribution in [3.63, 3.8) is 0 Å². The van der Waals surface area contributed by atoms with Gasteiger partial charge < -0.3 is 15.0 Å². The Morgan fingerprint density at radius 2 is 1.86 bits per heavy atom. The van der Waals surface area contributed by atoms with E-state index in [4.69, 9.17) is 15.0 Å². The highest BCUT2D eigenvalue weighted by Gasteiger charge is 2.16. The minimum Gasteiger partial charge on any atom is -0.452 e. The summed E-state index contributed by atoms with van der Waals surface area (Å²) in [5.74, 6) is 0.143. The molecule has 3 aromatic rings. The average molecular weight is 411 g/mol. The van der Waals surface area contributed by atoms with Crippen LogP contribution in [-0.2, 0) is 16.1 Å². The molecule has 0 saturated carbocycles. The smallest absolute Gasteiger partial charge is 0.339 e. The standard InChI is InChI=1S/C21H21N3O4S/c1-13(2)14-7-9-15(10-8-14)20-23-19(28-24-20)11-27-21(26)16-5-3-4-6-17(16)29-12-18(22)25/h3-10,13H,11-12H2,1-2H3,(H2,22,25). The maximum absolute atomic E-state index is 12.4. The van der Waals surface area contributed by atoms with Gasteiger partial charge in [0.15, 0.2) is 6.61 Å². The second-order valence-corrected chi connectivity index (χ2v) is 7.63. The molecule has 29 heavy (non-hydrogen) atoms. The van der Waals surface area contributed by atoms with Crippen molar-refractivity contribution in [1.82, 2.24) is 10.1 Å². The molecule has 0 saturated heterocycles. The van der Waals surface area contributed by atoms with Gasteiger partial charge in [0, 0.05) is 10.5 Å². The fraction of sp³-hybridized carbons (Fsp3) is 0.238. The zero-order valence-corrected chi connectivity index (χ0v) is 16.9. The second-order valence-electron chi connectivity index (χ2n) is 6.62. The van der Waals surface area contributed by atoms with Gasteiger partial charge in [0.25, 0.3) is 5.89 Å². The summed E-state index contributed by atoms with van der Waals surface area (Å²) in [6, 6.07) is 14.8. The number of rotatable bonds is 8. The van der Waals surface area contributed by atoms with Crippen molar-refractivity contribution in [2.75, 3.05) is 5.75 Å². The number of hydrogen-bond donors (Lipinski definition) is 1. The number of primary amides is 1. The Balaban J connectivity index is 1.64. The predicted molar refractivity (Wildman–Crippen MR) is 109 cm³/mol. The molecule has 0 radical (unpaired) electrons. The van der Waals surface area contributed by atoms with Crippen molar-refractivity contribution < 1.29 is 18.8 Å². The zero-order valence-electron chi connectivity index (χ0n) is 16.1. The Bertz CT molecular complexity index is 999. The van der Waals surface area contributed by atoms with E-state index in [0.717, 1.165) is 5.56 Å². The number of nitrogens with two attached hydrogens (primary N) is 1. The first-order valence-corrected chi connectivity index (χ1v) is 10.0. The van der Waals surface area contributed by atoms with Crippen LogP contribution in [0.25, 0.3) is 11.4 Å². The number of hydrogen-bond acceptors (Lipinski definition) is 7. The van der Waals surface area contributed by atoms with E-state index in [1.165, 1.54) is 17.3 Å². The lowest BCUT2D eigenvalue weighted by molar-refractivity contribution is -0.115. The van der Waals surface area contributed by atoms with E-state index >= 15 is 0 Å². The van der Waals surface area contributed by atoms with Crippen molar-refractivity contribution in [1.29, 1.82) is 0 Å². The normalized spacial score (nSPS) is 10.9. The van der Waals surface area contributed by atoms with Gasteiger partial charge in [-0.05, 0) is 23.6 Å². The van der Waals surface area contributed by atoms with Crippen molar-refractivity contribution in [3.05, 3.63) is 65.5 Å². The minimum atomic E-state index is -0.543. The third-order valence-corrected chi connectivity index (χ3v) is 5.20. The van der Waals surface area contributed by atoms with Crippen LogP contribution >= 0.6 is 11.8 Å². The molecule has 0 atom stereocenters. The summed E-state index contributed by atoms with van der Waals surface area (Å²) in [6.45, 7) is 4.10. The summed E-state index contributed by atoms with van der Waals surface area (Å²) in [5, 5.41) is 3.95. The molecule has 0 bridgehead atoms. The first-order valence-electron chi connectivity index (χ1n) is 9.04. The highest BCUT2D eigenvalue weighted by Crippen LogP contribution is 2.24. The maximum Gasteiger partial charge on any atom is 0.339 e. The van der Waals surface area contributed by atoms with Gasteiger partial charge in [0.1, 0.15) is 0 Å². The molecular formula is C21H21N3O4S. The molecule has 1 heterocycles. The summed E-state index contributed by atoms with van der Waals surface area (Å²) in [7, 11) is 0. The van der Waals surface area contributed by atoms with Crippen LogP contribution in [0, 0.1) is 0 Å². The Hall–Kier alpha value is -3.13. The van der Waals surface area contributed by atoms with Gasteiger partial charge >= 0.3 is 5.97 Å². The van der Waals surface area contributed by atoms with E-state index < -0.39 is 11.9 Å². The molecule has 0 aliphatic carbocycles. The van der Waals surface area contributed by atoms with Gasteiger partial charge in [0.2, 0.25) is 11.7 Å². The van der Waals surface area contributed by atoms with Crippen LogP contribution in [0.4, 0.5) is 0 Å². The topological polar surface area (TPSA) is 108 Å². The zero-order chi connectivity index (χ0) is 20.8. The molecule has 150 valence electrons. The lowest BCUT2D eigenvalue weighted by atomic mass is 10.0.